The highest BCUT2D eigenvalue weighted by Crippen LogP contribution is 2.30. The number of pyridine rings is 1. The van der Waals surface area contributed by atoms with Gasteiger partial charge in [-0.2, -0.15) is 22.8 Å². The lowest BCUT2D eigenvalue weighted by atomic mass is 10.1. The minimum absolute atomic E-state index is 0.152. The molecule has 0 amide bonds. The maximum atomic E-state index is 12.9. The zero-order chi connectivity index (χ0) is 21.8. The summed E-state index contributed by atoms with van der Waals surface area (Å²) in [5, 5.41) is 20.2. The summed E-state index contributed by atoms with van der Waals surface area (Å²) >= 11 is 0. The third-order valence-corrected chi connectivity index (χ3v) is 5.84. The molecule has 1 aliphatic rings. The number of aromatic nitrogens is 3. The van der Waals surface area contributed by atoms with Crippen LogP contribution in [0.2, 0.25) is 0 Å². The summed E-state index contributed by atoms with van der Waals surface area (Å²) in [6.07, 6.45) is -1.32. The van der Waals surface area contributed by atoms with E-state index in [4.69, 9.17) is 5.10 Å². The minimum atomic E-state index is -4.38. The molecule has 1 aliphatic heterocycles. The van der Waals surface area contributed by atoms with Crippen LogP contribution < -0.4 is 9.88 Å². The number of β-amino-alcohol motifs (C(OH)–C–C–N with tert-alkyl or cyclic N) is 1. The van der Waals surface area contributed by atoms with Gasteiger partial charge in [-0.1, -0.05) is 18.2 Å². The van der Waals surface area contributed by atoms with Crippen LogP contribution in [0.5, 0.6) is 0 Å². The third-order valence-electron chi connectivity index (χ3n) is 5.84. The van der Waals surface area contributed by atoms with E-state index < -0.39 is 18.0 Å². The second-order valence-electron chi connectivity index (χ2n) is 7.76. The Morgan fingerprint density at radius 2 is 1.84 bits per heavy atom. The number of aliphatic hydroxyl groups excluding tert-OH is 1. The highest BCUT2D eigenvalue weighted by Gasteiger charge is 2.35. The summed E-state index contributed by atoms with van der Waals surface area (Å²) in [5.74, 6) is 0. The largest absolute Gasteiger partial charge is 0.416 e. The molecule has 2 aromatic carbocycles. The molecular formula is C22H21F3N5O+. The van der Waals surface area contributed by atoms with Gasteiger partial charge in [0.05, 0.1) is 17.8 Å². The first-order chi connectivity index (χ1) is 14.8. The second kappa shape index (κ2) is 7.30. The molecule has 2 atom stereocenters. The van der Waals surface area contributed by atoms with E-state index in [-0.39, 0.29) is 6.17 Å². The topological polar surface area (TPSA) is 57.2 Å². The average molecular weight is 428 g/mol. The predicted molar refractivity (Wildman–Crippen MR) is 109 cm³/mol. The molecule has 31 heavy (non-hydrogen) atoms. The number of rotatable bonds is 2. The molecule has 2 unspecified atom stereocenters. The Balaban J connectivity index is 1.68. The number of nitrogens with one attached hydrogen (secondary N) is 1. The van der Waals surface area contributed by atoms with E-state index in [9.17, 15) is 18.3 Å². The van der Waals surface area contributed by atoms with Crippen molar-refractivity contribution < 1.29 is 22.8 Å². The van der Waals surface area contributed by atoms with E-state index in [1.165, 1.54) is 12.1 Å². The zero-order valence-electron chi connectivity index (χ0n) is 16.7. The quantitative estimate of drug-likeness (QED) is 0.482. The molecular weight excluding hydrogens is 407 g/mol. The van der Waals surface area contributed by atoms with Crippen molar-refractivity contribution in [2.75, 3.05) is 20.1 Å². The second-order valence-corrected chi connectivity index (χ2v) is 7.76. The first-order valence-electron chi connectivity index (χ1n) is 9.93. The zero-order valence-corrected chi connectivity index (χ0v) is 16.7. The number of halogens is 3. The maximum Gasteiger partial charge on any atom is 0.416 e. The van der Waals surface area contributed by atoms with Crippen LogP contribution in [0.15, 0.2) is 60.9 Å². The van der Waals surface area contributed by atoms with Gasteiger partial charge >= 0.3 is 6.18 Å². The van der Waals surface area contributed by atoms with Crippen LogP contribution in [0.25, 0.3) is 27.5 Å². The average Bonchev–Trinajstić information content (AvgIpc) is 3.21. The Bertz CT molecular complexity index is 1250. The summed E-state index contributed by atoms with van der Waals surface area (Å²) in [6.45, 7) is 1.12. The molecule has 3 heterocycles. The van der Waals surface area contributed by atoms with Crippen LogP contribution >= 0.6 is 0 Å². The molecule has 0 bridgehead atoms. The van der Waals surface area contributed by atoms with Gasteiger partial charge in [0.2, 0.25) is 6.17 Å². The molecule has 6 nitrogen and oxygen atoms in total. The number of likely N-dealkylation sites (N-methyl/N-ethyl adjacent to an activating group) is 1. The maximum absolute atomic E-state index is 12.9. The van der Waals surface area contributed by atoms with Crippen LogP contribution in [-0.2, 0) is 6.18 Å². The van der Waals surface area contributed by atoms with E-state index in [1.54, 1.807) is 4.68 Å². The van der Waals surface area contributed by atoms with Crippen molar-refractivity contribution in [2.45, 2.75) is 18.6 Å². The fourth-order valence-electron chi connectivity index (χ4n) is 4.09. The van der Waals surface area contributed by atoms with E-state index in [2.05, 4.69) is 9.88 Å². The van der Waals surface area contributed by atoms with Crippen molar-refractivity contribution >= 4 is 21.8 Å². The van der Waals surface area contributed by atoms with E-state index in [0.29, 0.717) is 18.8 Å². The summed E-state index contributed by atoms with van der Waals surface area (Å²) in [6, 6.07) is 12.8. The first kappa shape index (κ1) is 19.9. The van der Waals surface area contributed by atoms with Gasteiger partial charge in [-0.15, -0.1) is 0 Å². The van der Waals surface area contributed by atoms with Crippen LogP contribution in [0.4, 0.5) is 13.2 Å². The van der Waals surface area contributed by atoms with E-state index >= 15 is 0 Å². The monoisotopic (exact) mass is 428 g/mol. The van der Waals surface area contributed by atoms with Gasteiger partial charge in [0.1, 0.15) is 12.4 Å². The smallest absolute Gasteiger partial charge is 0.377 e. The molecule has 2 N–H and O–H groups in total. The molecule has 0 aliphatic carbocycles. The SMILES string of the molecule is CN1C(O)CNCC1[n+]1cc2ccccc2c2nn(-c3ccc(C(F)(F)F)cc3)cc21. The van der Waals surface area contributed by atoms with Gasteiger partial charge in [-0.3, -0.25) is 0 Å². The molecule has 2 aromatic heterocycles. The van der Waals surface area contributed by atoms with Crippen LogP contribution in [0, 0.1) is 0 Å². The van der Waals surface area contributed by atoms with Crippen LogP contribution in [0.1, 0.15) is 11.7 Å². The van der Waals surface area contributed by atoms with Gasteiger partial charge in [-0.25, -0.2) is 9.58 Å². The Hall–Kier alpha value is -3.01. The number of aliphatic hydroxyl groups is 1. The molecule has 160 valence electrons. The lowest BCUT2D eigenvalue weighted by molar-refractivity contribution is -0.721. The van der Waals surface area contributed by atoms with Crippen molar-refractivity contribution in [3.05, 3.63) is 66.5 Å². The summed E-state index contributed by atoms with van der Waals surface area (Å²) in [4.78, 5) is 1.89. The lowest BCUT2D eigenvalue weighted by Crippen LogP contribution is -2.61. The Labute approximate surface area is 176 Å². The molecule has 0 saturated carbocycles. The Morgan fingerprint density at radius 3 is 2.58 bits per heavy atom. The fraction of sp³-hybridized carbons (Fsp3) is 0.273. The summed E-state index contributed by atoms with van der Waals surface area (Å²) in [7, 11) is 1.87. The van der Waals surface area contributed by atoms with Gasteiger partial charge in [-0.05, 0) is 37.4 Å². The van der Waals surface area contributed by atoms with Gasteiger partial charge in [0.15, 0.2) is 11.7 Å². The normalized spacial score (nSPS) is 20.5. The number of benzene rings is 2. The number of hydrogen-bond donors (Lipinski definition) is 2. The molecule has 0 spiro atoms. The highest BCUT2D eigenvalue weighted by molar-refractivity contribution is 6.01. The predicted octanol–water partition coefficient (Wildman–Crippen LogP) is 2.84. The van der Waals surface area contributed by atoms with Crippen molar-refractivity contribution in [2.24, 2.45) is 0 Å². The van der Waals surface area contributed by atoms with E-state index in [1.807, 2.05) is 48.6 Å². The number of piperazine rings is 1. The van der Waals surface area contributed by atoms with Gasteiger partial charge < -0.3 is 10.4 Å². The molecule has 1 saturated heterocycles. The Morgan fingerprint density at radius 1 is 1.10 bits per heavy atom. The third kappa shape index (κ3) is 3.44. The molecule has 1 fully saturated rings. The molecule has 4 aromatic rings. The Kier molecular flexibility index (Phi) is 4.69. The highest BCUT2D eigenvalue weighted by atomic mass is 19.4. The summed E-state index contributed by atoms with van der Waals surface area (Å²) in [5.41, 5.74) is 1.41. The van der Waals surface area contributed by atoms with E-state index in [0.717, 1.165) is 33.9 Å². The number of hydrogen-bond acceptors (Lipinski definition) is 4. The van der Waals surface area contributed by atoms with Gasteiger partial charge in [0, 0.05) is 17.3 Å². The van der Waals surface area contributed by atoms with Crippen molar-refractivity contribution in [1.29, 1.82) is 0 Å². The standard InChI is InChI=1S/C22H21F3N5O/c1-28-19(10-26-11-20(28)31)29-12-14-4-2-3-5-17(14)21-18(29)13-30(27-21)16-8-6-15(7-9-16)22(23,24)25/h2-9,12-13,19-20,26,31H,10-11H2,1H3/q+1. The fourth-order valence-corrected chi connectivity index (χ4v) is 4.09. The van der Waals surface area contributed by atoms with Crippen molar-refractivity contribution in [3.63, 3.8) is 0 Å². The van der Waals surface area contributed by atoms with Gasteiger partial charge in [0.25, 0.3) is 5.52 Å². The molecule has 9 heteroatoms. The number of fused-ring (bicyclic) bond motifs is 3. The minimum Gasteiger partial charge on any atom is -0.377 e. The molecule has 5 rings (SSSR count). The van der Waals surface area contributed by atoms with Crippen molar-refractivity contribution in [1.82, 2.24) is 20.0 Å². The first-order valence-corrected chi connectivity index (χ1v) is 9.93. The van der Waals surface area contributed by atoms with Crippen LogP contribution in [0.3, 0.4) is 0 Å². The number of nitrogens with zero attached hydrogens (tertiary/aromatic N) is 4. The van der Waals surface area contributed by atoms with Crippen molar-refractivity contribution in [3.8, 4) is 5.69 Å². The molecule has 0 radical (unpaired) electrons. The lowest BCUT2D eigenvalue weighted by Gasteiger charge is -2.33. The number of alkyl halides is 3. The summed E-state index contributed by atoms with van der Waals surface area (Å²) < 4.78 is 42.5. The van der Waals surface area contributed by atoms with Crippen LogP contribution in [-0.4, -0.2) is 46.2 Å².